The molecular formula is C59H73BrN12O21. The Morgan fingerprint density at radius 1 is 0.430 bits per heavy atom. The minimum atomic E-state index is -1.22. The van der Waals surface area contributed by atoms with Crippen LogP contribution in [0.3, 0.4) is 0 Å². The number of ketones is 3. The number of nitro groups is 4. The monoisotopic (exact) mass is 1360 g/mol. The van der Waals surface area contributed by atoms with E-state index < -0.39 is 108 Å². The summed E-state index contributed by atoms with van der Waals surface area (Å²) in [5, 5.41) is 61.3. The number of hydrogen-bond acceptors (Lipinski definition) is 20. The number of carboxylic acids is 1. The molecule has 93 heavy (non-hydrogen) atoms. The summed E-state index contributed by atoms with van der Waals surface area (Å²) in [6, 6.07) is 18.4. The predicted octanol–water partition coefficient (Wildman–Crippen LogP) is 8.91. The van der Waals surface area contributed by atoms with E-state index in [4.69, 9.17) is 35.1 Å². The number of rotatable bonds is 23. The van der Waals surface area contributed by atoms with E-state index in [0.29, 0.717) is 34.7 Å². The summed E-state index contributed by atoms with van der Waals surface area (Å²) < 4.78 is 20.3. The fourth-order valence-electron chi connectivity index (χ4n) is 7.03. The van der Waals surface area contributed by atoms with Gasteiger partial charge in [-0.05, 0) is 112 Å². The van der Waals surface area contributed by atoms with Crippen LogP contribution in [0.25, 0.3) is 11.1 Å². The first-order chi connectivity index (χ1) is 42.9. The highest BCUT2D eigenvalue weighted by Gasteiger charge is 2.30. The lowest BCUT2D eigenvalue weighted by Gasteiger charge is -2.23. The number of benzene rings is 4. The van der Waals surface area contributed by atoms with Crippen LogP contribution < -0.4 is 21.3 Å². The molecule has 4 aromatic rings. The lowest BCUT2D eigenvalue weighted by atomic mass is 10.0. The van der Waals surface area contributed by atoms with Crippen LogP contribution in [0, 0.1) is 40.5 Å². The molecule has 4 rings (SSSR count). The number of nitro benzene ring substituents is 4. The molecule has 0 aromatic heterocycles. The van der Waals surface area contributed by atoms with Crippen LogP contribution in [0.15, 0.2) is 97.1 Å². The van der Waals surface area contributed by atoms with Gasteiger partial charge in [0.15, 0.2) is 5.78 Å². The molecule has 0 spiro atoms. The molecule has 0 bridgehead atoms. The quantitative estimate of drug-likeness (QED) is 0.00879. The zero-order valence-electron chi connectivity index (χ0n) is 52.8. The van der Waals surface area contributed by atoms with Crippen LogP contribution in [0.2, 0.25) is 0 Å². The molecule has 0 radical (unpaired) electrons. The van der Waals surface area contributed by atoms with E-state index in [1.54, 1.807) is 95.2 Å². The van der Waals surface area contributed by atoms with Gasteiger partial charge >= 0.3 is 42.8 Å². The van der Waals surface area contributed by atoms with Crippen molar-refractivity contribution < 1.29 is 91.7 Å². The normalized spacial score (nSPS) is 12.1. The number of hydrogen-bond donors (Lipinski definition) is 5. The predicted molar refractivity (Wildman–Crippen MR) is 336 cm³/mol. The number of carbonyl (C=O) groups is 8. The van der Waals surface area contributed by atoms with Crippen molar-refractivity contribution in [2.75, 3.05) is 5.33 Å². The Balaban J connectivity index is 0.000000620. The van der Waals surface area contributed by atoms with Gasteiger partial charge in [0.05, 0.1) is 31.1 Å². The van der Waals surface area contributed by atoms with Crippen molar-refractivity contribution in [1.29, 1.82) is 0 Å². The number of Topliss-reactive ketones (excluding diaryl/α,β-unsaturated/α-hetero) is 3. The Morgan fingerprint density at radius 2 is 0.634 bits per heavy atom. The zero-order valence-corrected chi connectivity index (χ0v) is 54.4. The number of non-ortho nitro benzene ring substituents is 4. The van der Waals surface area contributed by atoms with Gasteiger partial charge in [-0.3, -0.25) is 54.8 Å². The third-order valence-corrected chi connectivity index (χ3v) is 11.5. The number of alkyl halides is 1. The molecule has 0 unspecified atom stereocenters. The standard InChI is InChI=1S/C15H19BrN2O5.2C15H18N4O5.C14H18N2O6/c1-15(2,3)23-14(20)17-12(13(19)9-16)8-10-4-6-11(7-5-10)18(21)22;2*1-15(2,3)24-14(21)18-12(13(20)9-17-16)8-10-4-6-11(7-5-10)19(22)23;1-14(2,3)22-13(19)15-11(12(17)18)8-9-4-6-10(7-5-9)16(20)21/h4-7,12H,8-9H2,1-3H3,(H,17,20);2*4-7,9,12H,8H2,1-3H3,(H,18,21);4-7,11H,8H2,1-3H3,(H,15,19)(H,17,18)/t3*12-;11-/m0000/s1. The molecule has 0 saturated heterocycles. The van der Waals surface area contributed by atoms with Crippen molar-refractivity contribution in [3.63, 3.8) is 0 Å². The summed E-state index contributed by atoms with van der Waals surface area (Å²) in [6.07, 6.45) is -1.43. The third kappa shape index (κ3) is 34.7. The molecule has 4 amide bonds. The summed E-state index contributed by atoms with van der Waals surface area (Å²) in [5.74, 6) is -2.71. The zero-order chi connectivity index (χ0) is 71.2. The molecule has 34 heteroatoms. The lowest BCUT2D eigenvalue weighted by Crippen LogP contribution is -2.45. The smallest absolute Gasteiger partial charge is 0.408 e. The molecule has 0 aliphatic rings. The number of amides is 4. The van der Waals surface area contributed by atoms with Crippen LogP contribution in [-0.4, -0.2) is 146 Å². The summed E-state index contributed by atoms with van der Waals surface area (Å²) in [7, 11) is 0. The molecule has 0 aliphatic heterocycles. The molecule has 33 nitrogen and oxygen atoms in total. The molecule has 0 heterocycles. The first-order valence-electron chi connectivity index (χ1n) is 27.6. The van der Waals surface area contributed by atoms with Crippen molar-refractivity contribution in [3.8, 4) is 0 Å². The highest BCUT2D eigenvalue weighted by Crippen LogP contribution is 2.19. The van der Waals surface area contributed by atoms with Gasteiger partial charge in [-0.2, -0.15) is 9.58 Å². The summed E-state index contributed by atoms with van der Waals surface area (Å²) in [5.41, 5.74) is 16.2. The molecule has 0 aliphatic carbocycles. The van der Waals surface area contributed by atoms with Crippen molar-refractivity contribution >= 4 is 98.8 Å². The second-order valence-corrected chi connectivity index (χ2v) is 24.1. The average molecular weight is 1370 g/mol. The number of alkyl carbamates (subject to hydrolysis) is 4. The molecule has 502 valence electrons. The lowest BCUT2D eigenvalue weighted by molar-refractivity contribution is -0.385. The van der Waals surface area contributed by atoms with Crippen molar-refractivity contribution in [3.05, 3.63) is 171 Å². The van der Waals surface area contributed by atoms with Crippen LogP contribution >= 0.6 is 15.9 Å². The Labute approximate surface area is 541 Å². The first kappa shape index (κ1) is 80.3. The number of nitrogens with one attached hydrogen (secondary N) is 4. The number of halogens is 1. The van der Waals surface area contributed by atoms with Gasteiger partial charge < -0.3 is 56.4 Å². The molecule has 0 fully saturated rings. The van der Waals surface area contributed by atoms with E-state index in [0.717, 1.165) is 0 Å². The van der Waals surface area contributed by atoms with Gasteiger partial charge in [0.1, 0.15) is 40.5 Å². The van der Waals surface area contributed by atoms with Gasteiger partial charge in [-0.1, -0.05) is 64.5 Å². The topological polar surface area (TPSA) is 487 Å². The summed E-state index contributed by atoms with van der Waals surface area (Å²) >= 11 is 3.08. The van der Waals surface area contributed by atoms with Crippen molar-refractivity contribution in [2.45, 2.75) is 155 Å². The van der Waals surface area contributed by atoms with Crippen LogP contribution in [0.4, 0.5) is 41.9 Å². The minimum absolute atomic E-state index is 0.00737. The summed E-state index contributed by atoms with van der Waals surface area (Å²) in [4.78, 5) is 140. The molecule has 0 saturated carbocycles. The van der Waals surface area contributed by atoms with Gasteiger partial charge in [0, 0.05) is 67.8 Å². The molecule has 5 N–H and O–H groups in total. The van der Waals surface area contributed by atoms with Crippen molar-refractivity contribution in [1.82, 2.24) is 21.3 Å². The minimum Gasteiger partial charge on any atom is -0.480 e. The average Bonchev–Trinajstić information content (AvgIpc) is 1.01. The largest absolute Gasteiger partial charge is 0.480 e. The van der Waals surface area contributed by atoms with Gasteiger partial charge in [0.25, 0.3) is 34.3 Å². The number of nitrogens with zero attached hydrogens (tertiary/aromatic N) is 8. The van der Waals surface area contributed by atoms with Gasteiger partial charge in [-0.25, -0.2) is 24.0 Å². The maximum atomic E-state index is 12.0. The third-order valence-electron chi connectivity index (χ3n) is 11.0. The van der Waals surface area contributed by atoms with Gasteiger partial charge in [0.2, 0.25) is 0 Å². The number of carbonyl (C=O) groups excluding carboxylic acids is 7. The SMILES string of the molecule is CC(C)(C)OC(=O)N[C@@H](Cc1ccc([N+](=O)[O-])cc1)C(=O)C=[N+]=[N-].CC(C)(C)OC(=O)N[C@@H](Cc1ccc([N+](=O)[O-])cc1)C(=O)C=[N+]=[N-].CC(C)(C)OC(=O)N[C@@H](Cc1ccc([N+](=O)[O-])cc1)C(=O)CBr.CC(C)(C)OC(=O)N[C@@H](Cc1ccc([N+](=O)[O-])cc1)C(=O)O. The molecule has 4 aromatic carbocycles. The highest BCUT2D eigenvalue weighted by molar-refractivity contribution is 9.09. The maximum absolute atomic E-state index is 12.0. The Hall–Kier alpha value is -10.7. The van der Waals surface area contributed by atoms with E-state index in [-0.39, 0.29) is 59.5 Å². The number of carboxylic acid groups (broad SMARTS) is 1. The molecular weight excluding hydrogens is 1290 g/mol. The summed E-state index contributed by atoms with van der Waals surface area (Å²) in [6.45, 7) is 20.2. The molecule has 4 atom stereocenters. The number of ether oxygens (including phenoxy) is 4. The maximum Gasteiger partial charge on any atom is 0.408 e. The van der Waals surface area contributed by atoms with Crippen molar-refractivity contribution in [2.24, 2.45) is 0 Å². The first-order valence-corrected chi connectivity index (χ1v) is 28.7. The van der Waals surface area contributed by atoms with E-state index in [2.05, 4.69) is 46.8 Å². The number of aliphatic carboxylic acids is 1. The Bertz CT molecular complexity index is 3260. The van der Waals surface area contributed by atoms with Crippen LogP contribution in [0.1, 0.15) is 105 Å². The van der Waals surface area contributed by atoms with E-state index in [1.165, 1.54) is 84.9 Å². The van der Waals surface area contributed by atoms with E-state index in [9.17, 15) is 78.8 Å². The van der Waals surface area contributed by atoms with Crippen LogP contribution in [-0.2, 0) is 63.8 Å². The van der Waals surface area contributed by atoms with Crippen LogP contribution in [0.5, 0.6) is 0 Å². The second-order valence-electron chi connectivity index (χ2n) is 23.5. The van der Waals surface area contributed by atoms with E-state index in [1.807, 2.05) is 0 Å². The Morgan fingerprint density at radius 3 is 0.828 bits per heavy atom. The van der Waals surface area contributed by atoms with E-state index >= 15 is 0 Å². The second kappa shape index (κ2) is 37.4. The highest BCUT2D eigenvalue weighted by atomic mass is 79.9. The van der Waals surface area contributed by atoms with Gasteiger partial charge in [-0.15, -0.1) is 0 Å². The fraction of sp³-hybridized carbons (Fsp3) is 0.424. The fourth-order valence-corrected chi connectivity index (χ4v) is 7.43. The Kier molecular flexibility index (Phi) is 32.3.